The molecule has 0 bridgehead atoms. The number of allylic oxidation sites excluding steroid dienone is 2. The van der Waals surface area contributed by atoms with Gasteiger partial charge in [0.1, 0.15) is 18.5 Å². The molecule has 0 saturated carbocycles. The smallest absolute Gasteiger partial charge is 0.336 e. The first kappa shape index (κ1) is 30.3. The summed E-state index contributed by atoms with van der Waals surface area (Å²) < 4.78 is 16.0. The fourth-order valence-corrected chi connectivity index (χ4v) is 4.29. The summed E-state index contributed by atoms with van der Waals surface area (Å²) in [4.78, 5) is 38.0. The lowest BCUT2D eigenvalue weighted by Gasteiger charge is -2.33. The highest BCUT2D eigenvalue weighted by atomic mass is 16.6. The zero-order chi connectivity index (χ0) is 29.1. The highest BCUT2D eigenvalue weighted by Crippen LogP contribution is 2.36. The van der Waals surface area contributed by atoms with E-state index in [2.05, 4.69) is 5.32 Å². The number of methoxy groups -OCH3 is 1. The van der Waals surface area contributed by atoms with E-state index in [1.54, 1.807) is 30.9 Å². The number of nitro groups is 1. The van der Waals surface area contributed by atoms with Gasteiger partial charge in [0.15, 0.2) is 0 Å². The molecule has 2 aromatic rings. The van der Waals surface area contributed by atoms with E-state index in [-0.39, 0.29) is 36.5 Å². The fourth-order valence-electron chi connectivity index (χ4n) is 4.29. The number of benzene rings is 2. The zero-order valence-corrected chi connectivity index (χ0v) is 22.9. The van der Waals surface area contributed by atoms with Crippen LogP contribution in [0.15, 0.2) is 77.1 Å². The summed E-state index contributed by atoms with van der Waals surface area (Å²) in [5, 5.41) is 24.5. The number of nitrogens with one attached hydrogen (secondary N) is 1. The van der Waals surface area contributed by atoms with Crippen LogP contribution in [0.3, 0.4) is 0 Å². The number of carbonyl (C=O) groups excluding carboxylic acids is 2. The number of nitro benzene ring substituents is 1. The molecule has 11 heteroatoms. The number of anilines is 1. The Kier molecular flexibility index (Phi) is 11.2. The summed E-state index contributed by atoms with van der Waals surface area (Å²) in [5.41, 5.74) is 1.91. The lowest BCUT2D eigenvalue weighted by molar-refractivity contribution is -0.384. The molecule has 0 amide bonds. The Labute approximate surface area is 233 Å². The maximum Gasteiger partial charge on any atom is 0.336 e. The largest absolute Gasteiger partial charge is 0.491 e. The summed E-state index contributed by atoms with van der Waals surface area (Å²) in [6.07, 6.45) is 0.673. The second-order valence-corrected chi connectivity index (χ2v) is 9.23. The van der Waals surface area contributed by atoms with Crippen LogP contribution in [-0.4, -0.2) is 61.5 Å². The predicted octanol–water partition coefficient (Wildman–Crippen LogP) is 3.88. The maximum absolute atomic E-state index is 13.0. The molecular formula is C29H35N3O8. The van der Waals surface area contributed by atoms with Crippen molar-refractivity contribution in [3.63, 3.8) is 0 Å². The van der Waals surface area contributed by atoms with E-state index in [1.165, 1.54) is 19.2 Å². The van der Waals surface area contributed by atoms with Crippen molar-refractivity contribution in [2.75, 3.05) is 38.3 Å². The molecule has 0 saturated heterocycles. The quantitative estimate of drug-likeness (QED) is 0.153. The summed E-state index contributed by atoms with van der Waals surface area (Å²) >= 11 is 0. The third-order valence-electron chi connectivity index (χ3n) is 6.42. The van der Waals surface area contributed by atoms with Crippen molar-refractivity contribution >= 4 is 23.3 Å². The number of ether oxygens (including phenoxy) is 3. The molecule has 0 radical (unpaired) electrons. The Balaban J connectivity index is 1.53. The second-order valence-electron chi connectivity index (χ2n) is 9.23. The molecule has 2 aromatic carbocycles. The minimum Gasteiger partial charge on any atom is -0.491 e. The molecule has 3 rings (SSSR count). The first-order valence-electron chi connectivity index (χ1n) is 13.0. The monoisotopic (exact) mass is 553 g/mol. The SMILES string of the molecule is COC(=O)C1=C(C)N(c2cccc([N+](=O)[O-])c2)C(C)=C(C(=O)OCCCCNCC(O)COc2ccccc2)C1. The summed E-state index contributed by atoms with van der Waals surface area (Å²) in [5.74, 6) is -0.458. The Hall–Kier alpha value is -4.22. The van der Waals surface area contributed by atoms with Gasteiger partial charge in [-0.1, -0.05) is 24.3 Å². The number of hydrogen-bond acceptors (Lipinski definition) is 10. The van der Waals surface area contributed by atoms with Crippen LogP contribution >= 0.6 is 0 Å². The summed E-state index contributed by atoms with van der Waals surface area (Å²) in [7, 11) is 1.26. The van der Waals surface area contributed by atoms with Gasteiger partial charge < -0.3 is 29.5 Å². The normalized spacial score (nSPS) is 14.2. The molecule has 2 N–H and O–H groups in total. The van der Waals surface area contributed by atoms with Crippen LogP contribution in [0.25, 0.3) is 0 Å². The average Bonchev–Trinajstić information content (AvgIpc) is 2.96. The molecule has 11 nitrogen and oxygen atoms in total. The molecular weight excluding hydrogens is 518 g/mol. The predicted molar refractivity (Wildman–Crippen MR) is 149 cm³/mol. The van der Waals surface area contributed by atoms with Gasteiger partial charge in [-0.15, -0.1) is 0 Å². The van der Waals surface area contributed by atoms with Crippen molar-refractivity contribution in [3.8, 4) is 5.75 Å². The number of rotatable bonds is 14. The number of carbonyl (C=O) groups is 2. The van der Waals surface area contributed by atoms with Crippen LogP contribution in [0.5, 0.6) is 5.75 Å². The Morgan fingerprint density at radius 1 is 1.05 bits per heavy atom. The number of hydrogen-bond donors (Lipinski definition) is 2. The minimum absolute atomic E-state index is 0.0269. The molecule has 1 aliphatic heterocycles. The van der Waals surface area contributed by atoms with E-state index in [0.29, 0.717) is 48.8 Å². The van der Waals surface area contributed by atoms with Crippen LogP contribution in [0.2, 0.25) is 0 Å². The molecule has 1 aliphatic rings. The van der Waals surface area contributed by atoms with Crippen LogP contribution in [0, 0.1) is 10.1 Å². The number of unbranched alkanes of at least 4 members (excludes halogenated alkanes) is 1. The summed E-state index contributed by atoms with van der Waals surface area (Å²) in [6, 6.07) is 15.2. The van der Waals surface area contributed by atoms with E-state index in [4.69, 9.17) is 14.2 Å². The van der Waals surface area contributed by atoms with Crippen molar-refractivity contribution in [3.05, 3.63) is 87.3 Å². The molecule has 1 heterocycles. The van der Waals surface area contributed by atoms with Crippen molar-refractivity contribution in [1.82, 2.24) is 5.32 Å². The van der Waals surface area contributed by atoms with E-state index in [0.717, 1.165) is 0 Å². The van der Waals surface area contributed by atoms with Crippen molar-refractivity contribution in [1.29, 1.82) is 0 Å². The number of aliphatic hydroxyl groups excluding tert-OH is 1. The molecule has 0 fully saturated rings. The minimum atomic E-state index is -0.659. The van der Waals surface area contributed by atoms with Crippen LogP contribution in [0.4, 0.5) is 11.4 Å². The highest BCUT2D eigenvalue weighted by Gasteiger charge is 2.32. The van der Waals surface area contributed by atoms with E-state index in [1.807, 2.05) is 30.3 Å². The van der Waals surface area contributed by atoms with Gasteiger partial charge in [0.05, 0.1) is 35.5 Å². The lowest BCUT2D eigenvalue weighted by atomic mass is 9.95. The van der Waals surface area contributed by atoms with Gasteiger partial charge in [-0.3, -0.25) is 10.1 Å². The van der Waals surface area contributed by atoms with Crippen molar-refractivity contribution < 1.29 is 33.8 Å². The molecule has 40 heavy (non-hydrogen) atoms. The number of aliphatic hydroxyl groups is 1. The molecule has 0 spiro atoms. The highest BCUT2D eigenvalue weighted by molar-refractivity contribution is 5.98. The van der Waals surface area contributed by atoms with Gasteiger partial charge in [0.2, 0.25) is 0 Å². The number of para-hydroxylation sites is 1. The van der Waals surface area contributed by atoms with Gasteiger partial charge in [-0.25, -0.2) is 9.59 Å². The van der Waals surface area contributed by atoms with Crippen molar-refractivity contribution in [2.45, 2.75) is 39.2 Å². The second kappa shape index (κ2) is 14.8. The molecule has 0 aliphatic carbocycles. The van der Waals surface area contributed by atoms with Crippen LogP contribution in [0.1, 0.15) is 33.1 Å². The maximum atomic E-state index is 13.0. The van der Waals surface area contributed by atoms with Gasteiger partial charge in [0, 0.05) is 36.5 Å². The van der Waals surface area contributed by atoms with Crippen LogP contribution in [-0.2, 0) is 19.1 Å². The first-order valence-corrected chi connectivity index (χ1v) is 13.0. The van der Waals surface area contributed by atoms with Crippen molar-refractivity contribution in [2.24, 2.45) is 0 Å². The van der Waals surface area contributed by atoms with E-state index >= 15 is 0 Å². The number of esters is 2. The van der Waals surface area contributed by atoms with Gasteiger partial charge in [-0.2, -0.15) is 0 Å². The zero-order valence-electron chi connectivity index (χ0n) is 22.9. The van der Waals surface area contributed by atoms with Crippen LogP contribution < -0.4 is 15.0 Å². The molecule has 0 aromatic heterocycles. The number of non-ortho nitro benzene ring substituents is 1. The number of nitrogens with zero attached hydrogens (tertiary/aromatic N) is 2. The van der Waals surface area contributed by atoms with Gasteiger partial charge in [0.25, 0.3) is 5.69 Å². The Morgan fingerprint density at radius 2 is 1.75 bits per heavy atom. The third-order valence-corrected chi connectivity index (χ3v) is 6.42. The molecule has 1 unspecified atom stereocenters. The average molecular weight is 554 g/mol. The van der Waals surface area contributed by atoms with Gasteiger partial charge >= 0.3 is 11.9 Å². The fraction of sp³-hybridized carbons (Fsp3) is 0.379. The van der Waals surface area contributed by atoms with Gasteiger partial charge in [-0.05, 0) is 51.4 Å². The summed E-state index contributed by atoms with van der Waals surface area (Å²) in [6.45, 7) is 4.75. The van der Waals surface area contributed by atoms with E-state index in [9.17, 15) is 24.8 Å². The molecule has 1 atom stereocenters. The first-order chi connectivity index (χ1) is 19.2. The molecule has 214 valence electrons. The van der Waals surface area contributed by atoms with E-state index < -0.39 is 23.0 Å². The topological polar surface area (TPSA) is 140 Å². The third kappa shape index (κ3) is 8.14. The Morgan fingerprint density at radius 3 is 2.42 bits per heavy atom. The standard InChI is InChI=1S/C29H35N3O8/c1-20-26(28(34)38-3)17-27(21(2)31(20)22-10-9-11-23(16-22)32(36)37)29(35)39-15-8-7-14-30-18-24(33)19-40-25-12-5-4-6-13-25/h4-6,9-13,16,24,30,33H,7-8,14-15,17-19H2,1-3H3. The Bertz CT molecular complexity index is 1260. The lowest BCUT2D eigenvalue weighted by Crippen LogP contribution is -2.32.